The third kappa shape index (κ3) is 3.53. The molecule has 0 bridgehead atoms. The Kier molecular flexibility index (Phi) is 5.04. The normalized spacial score (nSPS) is 23.3. The molecule has 0 N–H and O–H groups in total. The van der Waals surface area contributed by atoms with Crippen LogP contribution in [0, 0.1) is 0 Å². The van der Waals surface area contributed by atoms with Crippen molar-refractivity contribution in [1.82, 2.24) is 4.31 Å². The molecule has 1 saturated heterocycles. The van der Waals surface area contributed by atoms with E-state index < -0.39 is 25.9 Å². The summed E-state index contributed by atoms with van der Waals surface area (Å²) in [6, 6.07) is 4.98. The molecule has 24 heavy (non-hydrogen) atoms. The van der Waals surface area contributed by atoms with Gasteiger partial charge in [-0.3, -0.25) is 0 Å². The quantitative estimate of drug-likeness (QED) is 0.795. The van der Waals surface area contributed by atoms with Crippen molar-refractivity contribution in [1.29, 1.82) is 0 Å². The van der Waals surface area contributed by atoms with Crippen LogP contribution in [-0.2, 0) is 32.7 Å². The minimum absolute atomic E-state index is 0.0584. The van der Waals surface area contributed by atoms with E-state index in [9.17, 15) is 16.8 Å². The van der Waals surface area contributed by atoms with Crippen LogP contribution in [0.15, 0.2) is 23.1 Å². The maximum atomic E-state index is 13.1. The summed E-state index contributed by atoms with van der Waals surface area (Å²) in [5.74, 6) is 0.0226. The number of hydrogen-bond acceptors (Lipinski definition) is 4. The predicted octanol–water partition coefficient (Wildman–Crippen LogP) is 2.15. The van der Waals surface area contributed by atoms with Crippen LogP contribution >= 0.6 is 0 Å². The minimum Gasteiger partial charge on any atom is -0.229 e. The van der Waals surface area contributed by atoms with Gasteiger partial charge in [0.2, 0.25) is 10.0 Å². The summed E-state index contributed by atoms with van der Waals surface area (Å²) in [6.07, 6.45) is 5.24. The van der Waals surface area contributed by atoms with Gasteiger partial charge >= 0.3 is 0 Å². The molecular formula is C17H25NO4S2. The van der Waals surface area contributed by atoms with E-state index in [0.29, 0.717) is 24.3 Å². The van der Waals surface area contributed by atoms with Crippen molar-refractivity contribution in [2.24, 2.45) is 0 Å². The van der Waals surface area contributed by atoms with Gasteiger partial charge in [0.15, 0.2) is 9.84 Å². The summed E-state index contributed by atoms with van der Waals surface area (Å²) in [4.78, 5) is 0.306. The first-order chi connectivity index (χ1) is 11.3. The second-order valence-electron chi connectivity index (χ2n) is 6.81. The first kappa shape index (κ1) is 17.9. The van der Waals surface area contributed by atoms with Gasteiger partial charge in [-0.2, -0.15) is 4.31 Å². The van der Waals surface area contributed by atoms with Gasteiger partial charge in [0.1, 0.15) is 0 Å². The van der Waals surface area contributed by atoms with Crippen molar-refractivity contribution in [3.63, 3.8) is 0 Å². The second kappa shape index (κ2) is 6.77. The monoisotopic (exact) mass is 371 g/mol. The van der Waals surface area contributed by atoms with Gasteiger partial charge in [-0.05, 0) is 61.8 Å². The molecule has 134 valence electrons. The van der Waals surface area contributed by atoms with Gasteiger partial charge in [-0.15, -0.1) is 0 Å². The molecule has 5 nitrogen and oxygen atoms in total. The summed E-state index contributed by atoms with van der Waals surface area (Å²) < 4.78 is 51.3. The molecule has 2 aliphatic rings. The molecule has 0 spiro atoms. The van der Waals surface area contributed by atoms with E-state index in [-0.39, 0.29) is 11.5 Å². The summed E-state index contributed by atoms with van der Waals surface area (Å²) >= 11 is 0. The van der Waals surface area contributed by atoms with E-state index in [1.807, 2.05) is 13.0 Å². The fourth-order valence-electron chi connectivity index (χ4n) is 3.73. The highest BCUT2D eigenvalue weighted by Crippen LogP contribution is 2.29. The fourth-order valence-corrected chi connectivity index (χ4v) is 7.35. The van der Waals surface area contributed by atoms with Crippen molar-refractivity contribution >= 4 is 19.9 Å². The van der Waals surface area contributed by atoms with Crippen molar-refractivity contribution in [2.45, 2.75) is 56.4 Å². The van der Waals surface area contributed by atoms with Gasteiger partial charge in [0, 0.05) is 12.6 Å². The number of sulfonamides is 1. The van der Waals surface area contributed by atoms with E-state index in [1.165, 1.54) is 9.87 Å². The first-order valence-corrected chi connectivity index (χ1v) is 11.9. The standard InChI is InChI=1S/C17H25NO4S2/c1-2-10-18(16-9-11-23(19,20)13-16)24(21,22)17-8-7-14-5-3-4-6-15(14)12-17/h7-8,12,16H,2-6,9-11,13H2,1H3. The molecule has 0 saturated carbocycles. The Labute approximate surface area is 145 Å². The maximum absolute atomic E-state index is 13.1. The number of nitrogens with zero attached hydrogens (tertiary/aromatic N) is 1. The Morgan fingerprint density at radius 2 is 1.88 bits per heavy atom. The summed E-state index contributed by atoms with van der Waals surface area (Å²) in [7, 11) is -6.78. The van der Waals surface area contributed by atoms with Crippen molar-refractivity contribution in [3.8, 4) is 0 Å². The molecule has 7 heteroatoms. The Morgan fingerprint density at radius 3 is 2.50 bits per heavy atom. The fraction of sp³-hybridized carbons (Fsp3) is 0.647. The first-order valence-electron chi connectivity index (χ1n) is 8.67. The van der Waals surface area contributed by atoms with Crippen LogP contribution in [0.3, 0.4) is 0 Å². The largest absolute Gasteiger partial charge is 0.243 e. The second-order valence-corrected chi connectivity index (χ2v) is 10.9. The molecule has 1 heterocycles. The summed E-state index contributed by atoms with van der Waals surface area (Å²) in [5.41, 5.74) is 2.36. The molecule has 1 aliphatic heterocycles. The Hall–Kier alpha value is -0.920. The van der Waals surface area contributed by atoms with Gasteiger partial charge in [0.25, 0.3) is 0 Å². The van der Waals surface area contributed by atoms with Crippen molar-refractivity contribution in [3.05, 3.63) is 29.3 Å². The van der Waals surface area contributed by atoms with E-state index >= 15 is 0 Å². The van der Waals surface area contributed by atoms with Crippen LogP contribution in [0.4, 0.5) is 0 Å². The van der Waals surface area contributed by atoms with Crippen LogP contribution in [0.1, 0.15) is 43.7 Å². The van der Waals surface area contributed by atoms with Crippen LogP contribution < -0.4 is 0 Å². The highest BCUT2D eigenvalue weighted by atomic mass is 32.2. The number of sulfone groups is 1. The molecule has 1 unspecified atom stereocenters. The van der Waals surface area contributed by atoms with Crippen LogP contribution in [0.2, 0.25) is 0 Å². The zero-order valence-electron chi connectivity index (χ0n) is 14.1. The average Bonchev–Trinajstić information content (AvgIpc) is 2.91. The summed E-state index contributed by atoms with van der Waals surface area (Å²) in [5, 5.41) is 0. The topological polar surface area (TPSA) is 71.5 Å². The molecule has 1 aliphatic carbocycles. The smallest absolute Gasteiger partial charge is 0.229 e. The highest BCUT2D eigenvalue weighted by molar-refractivity contribution is 7.92. The van der Waals surface area contributed by atoms with E-state index in [1.54, 1.807) is 12.1 Å². The SMILES string of the molecule is CCCN(C1CCS(=O)(=O)C1)S(=O)(=O)c1ccc2c(c1)CCCC2. The molecule has 1 aromatic rings. The Bertz CT molecular complexity index is 815. The maximum Gasteiger partial charge on any atom is 0.243 e. The lowest BCUT2D eigenvalue weighted by molar-refractivity contribution is 0.340. The Morgan fingerprint density at radius 1 is 1.17 bits per heavy atom. The molecule has 1 atom stereocenters. The molecular weight excluding hydrogens is 346 g/mol. The van der Waals surface area contributed by atoms with Crippen LogP contribution in [-0.4, -0.2) is 45.2 Å². The van der Waals surface area contributed by atoms with Crippen LogP contribution in [0.5, 0.6) is 0 Å². The van der Waals surface area contributed by atoms with E-state index in [0.717, 1.165) is 31.2 Å². The third-order valence-electron chi connectivity index (χ3n) is 4.99. The number of aryl methyl sites for hydroxylation is 2. The van der Waals surface area contributed by atoms with E-state index in [4.69, 9.17) is 0 Å². The zero-order chi connectivity index (χ0) is 17.4. The minimum atomic E-state index is -3.66. The molecule has 0 amide bonds. The molecule has 1 fully saturated rings. The highest BCUT2D eigenvalue weighted by Gasteiger charge is 2.38. The van der Waals surface area contributed by atoms with Gasteiger partial charge in [-0.1, -0.05) is 13.0 Å². The lowest BCUT2D eigenvalue weighted by Crippen LogP contribution is -2.41. The van der Waals surface area contributed by atoms with Gasteiger partial charge in [0.05, 0.1) is 16.4 Å². The lowest BCUT2D eigenvalue weighted by Gasteiger charge is -2.27. The van der Waals surface area contributed by atoms with Gasteiger partial charge in [-0.25, -0.2) is 16.8 Å². The zero-order valence-corrected chi connectivity index (χ0v) is 15.7. The number of hydrogen-bond donors (Lipinski definition) is 0. The molecule has 0 radical (unpaired) electrons. The average molecular weight is 372 g/mol. The molecule has 1 aromatic carbocycles. The van der Waals surface area contributed by atoms with Crippen molar-refractivity contribution < 1.29 is 16.8 Å². The predicted molar refractivity (Wildman–Crippen MR) is 94.3 cm³/mol. The number of benzene rings is 1. The number of rotatable bonds is 5. The molecule has 3 rings (SSSR count). The van der Waals surface area contributed by atoms with E-state index in [2.05, 4.69) is 0 Å². The molecule has 0 aromatic heterocycles. The van der Waals surface area contributed by atoms with Crippen LogP contribution in [0.25, 0.3) is 0 Å². The lowest BCUT2D eigenvalue weighted by atomic mass is 9.92. The number of fused-ring (bicyclic) bond motifs is 1. The van der Waals surface area contributed by atoms with Gasteiger partial charge < -0.3 is 0 Å². The summed E-state index contributed by atoms with van der Waals surface area (Å²) in [6.45, 7) is 2.28. The van der Waals surface area contributed by atoms with Crippen molar-refractivity contribution in [2.75, 3.05) is 18.1 Å². The third-order valence-corrected chi connectivity index (χ3v) is 8.68. The Balaban J connectivity index is 1.94.